The first-order valence-corrected chi connectivity index (χ1v) is 11.0. The third-order valence-electron chi connectivity index (χ3n) is 6.13. The van der Waals surface area contributed by atoms with E-state index < -0.39 is 0 Å². The molecule has 0 bridgehead atoms. The Morgan fingerprint density at radius 2 is 1.75 bits per heavy atom. The van der Waals surface area contributed by atoms with Crippen LogP contribution in [0.3, 0.4) is 0 Å². The van der Waals surface area contributed by atoms with Gasteiger partial charge in [0.25, 0.3) is 0 Å². The third kappa shape index (κ3) is 4.96. The van der Waals surface area contributed by atoms with Gasteiger partial charge in [-0.25, -0.2) is 0 Å². The Balaban J connectivity index is 1.63. The molecule has 1 N–H and O–H groups in total. The molecule has 4 rings (SSSR count). The number of ether oxygens (including phenoxy) is 3. The van der Waals surface area contributed by atoms with E-state index in [1.165, 1.54) is 5.56 Å². The van der Waals surface area contributed by atoms with E-state index in [-0.39, 0.29) is 18.6 Å². The van der Waals surface area contributed by atoms with E-state index in [1.54, 1.807) is 14.2 Å². The fourth-order valence-corrected chi connectivity index (χ4v) is 4.47. The molecule has 1 fully saturated rings. The van der Waals surface area contributed by atoms with Crippen molar-refractivity contribution in [3.8, 4) is 22.6 Å². The number of aliphatic hydroxyl groups is 1. The average Bonchev–Trinajstić information content (AvgIpc) is 2.85. The molecule has 2 unspecified atom stereocenters. The number of methoxy groups -OCH3 is 2. The van der Waals surface area contributed by atoms with Crippen molar-refractivity contribution >= 4 is 0 Å². The topological polar surface area (TPSA) is 51.2 Å². The zero-order chi connectivity index (χ0) is 22.3. The summed E-state index contributed by atoms with van der Waals surface area (Å²) in [5.41, 5.74) is 4.30. The summed E-state index contributed by atoms with van der Waals surface area (Å²) in [5, 5.41) is 10.5. The first kappa shape index (κ1) is 22.3. The van der Waals surface area contributed by atoms with Gasteiger partial charge in [0.1, 0.15) is 11.5 Å². The van der Waals surface area contributed by atoms with Gasteiger partial charge < -0.3 is 19.3 Å². The van der Waals surface area contributed by atoms with Gasteiger partial charge in [-0.2, -0.15) is 0 Å². The number of nitrogens with zero attached hydrogens (tertiary/aromatic N) is 1. The fraction of sp³-hybridized carbons (Fsp3) is 0.333. The predicted molar refractivity (Wildman–Crippen MR) is 126 cm³/mol. The smallest absolute Gasteiger partial charge is 0.126 e. The van der Waals surface area contributed by atoms with Crippen LogP contribution >= 0.6 is 0 Å². The summed E-state index contributed by atoms with van der Waals surface area (Å²) in [4.78, 5) is 2.40. The highest BCUT2D eigenvalue weighted by atomic mass is 16.5. The lowest BCUT2D eigenvalue weighted by atomic mass is 9.86. The van der Waals surface area contributed by atoms with Crippen LogP contribution in [0.15, 0.2) is 72.8 Å². The summed E-state index contributed by atoms with van der Waals surface area (Å²) >= 11 is 0. The molecule has 32 heavy (non-hydrogen) atoms. The molecule has 2 atom stereocenters. The van der Waals surface area contributed by atoms with E-state index in [0.717, 1.165) is 47.8 Å². The number of benzene rings is 3. The second-order valence-corrected chi connectivity index (χ2v) is 8.07. The molecule has 0 spiro atoms. The third-order valence-corrected chi connectivity index (χ3v) is 6.13. The highest BCUT2D eigenvalue weighted by Gasteiger charge is 2.31. The zero-order valence-corrected chi connectivity index (χ0v) is 18.7. The molecule has 168 valence electrons. The Morgan fingerprint density at radius 1 is 0.969 bits per heavy atom. The molecule has 3 aromatic carbocycles. The molecule has 0 aromatic heterocycles. The maximum atomic E-state index is 10.5. The van der Waals surface area contributed by atoms with Crippen LogP contribution in [-0.2, 0) is 11.3 Å². The maximum absolute atomic E-state index is 10.5. The number of morpholine rings is 1. The van der Waals surface area contributed by atoms with Gasteiger partial charge in [0.15, 0.2) is 0 Å². The van der Waals surface area contributed by atoms with Gasteiger partial charge in [-0.05, 0) is 34.9 Å². The summed E-state index contributed by atoms with van der Waals surface area (Å²) in [6.45, 7) is 3.19. The van der Waals surface area contributed by atoms with Gasteiger partial charge in [-0.15, -0.1) is 0 Å². The second-order valence-electron chi connectivity index (χ2n) is 8.07. The zero-order valence-electron chi connectivity index (χ0n) is 18.7. The van der Waals surface area contributed by atoms with Crippen molar-refractivity contribution in [3.05, 3.63) is 83.9 Å². The van der Waals surface area contributed by atoms with Gasteiger partial charge >= 0.3 is 0 Å². The summed E-state index contributed by atoms with van der Waals surface area (Å²) in [7, 11) is 3.33. The number of rotatable bonds is 8. The minimum atomic E-state index is -0.152. The summed E-state index contributed by atoms with van der Waals surface area (Å²) in [6, 6.07) is 24.4. The molecule has 3 aromatic rings. The van der Waals surface area contributed by atoms with E-state index in [1.807, 2.05) is 36.4 Å². The Hall–Kier alpha value is -2.86. The second kappa shape index (κ2) is 10.6. The van der Waals surface area contributed by atoms with Crippen molar-refractivity contribution in [2.24, 2.45) is 0 Å². The van der Waals surface area contributed by atoms with Crippen molar-refractivity contribution < 1.29 is 19.3 Å². The van der Waals surface area contributed by atoms with Crippen LogP contribution < -0.4 is 9.47 Å². The molecule has 0 saturated carbocycles. The van der Waals surface area contributed by atoms with E-state index in [2.05, 4.69) is 41.3 Å². The Labute approximate surface area is 190 Å². The molecule has 5 heteroatoms. The molecule has 0 amide bonds. The summed E-state index contributed by atoms with van der Waals surface area (Å²) in [6.07, 6.45) is -0.102. The van der Waals surface area contributed by atoms with Crippen LogP contribution in [0.5, 0.6) is 11.5 Å². The van der Waals surface area contributed by atoms with E-state index in [4.69, 9.17) is 14.2 Å². The minimum absolute atomic E-state index is 0.00708. The van der Waals surface area contributed by atoms with Gasteiger partial charge in [-0.3, -0.25) is 4.90 Å². The lowest BCUT2D eigenvalue weighted by molar-refractivity contribution is -0.0520. The standard InChI is InChI=1S/C27H31NO4/c1-30-21-12-13-26(31-2)24(16-21)22-10-6-7-11-23(22)25(19-29)27-18-28(14-15-32-27)17-20-8-4-3-5-9-20/h3-13,16,25,27,29H,14-15,17-19H2,1-2H3. The molecule has 0 aliphatic carbocycles. The average molecular weight is 434 g/mol. The molecule has 0 radical (unpaired) electrons. The lowest BCUT2D eigenvalue weighted by Crippen LogP contribution is -2.45. The number of hydrogen-bond acceptors (Lipinski definition) is 5. The fourth-order valence-electron chi connectivity index (χ4n) is 4.47. The van der Waals surface area contributed by atoms with Crippen molar-refractivity contribution in [2.45, 2.75) is 18.6 Å². The van der Waals surface area contributed by atoms with Gasteiger partial charge in [-0.1, -0.05) is 54.6 Å². The van der Waals surface area contributed by atoms with Gasteiger partial charge in [0, 0.05) is 31.1 Å². The van der Waals surface area contributed by atoms with E-state index >= 15 is 0 Å². The SMILES string of the molecule is COc1ccc(OC)c(-c2ccccc2C(CO)C2CN(Cc3ccccc3)CCO2)c1. The quantitative estimate of drug-likeness (QED) is 0.573. The predicted octanol–water partition coefficient (Wildman–Crippen LogP) is 4.35. The Bertz CT molecular complexity index is 1010. The monoisotopic (exact) mass is 433 g/mol. The number of hydrogen-bond donors (Lipinski definition) is 1. The van der Waals surface area contributed by atoms with Crippen LogP contribution in [-0.4, -0.2) is 56.6 Å². The molecule has 1 heterocycles. The molecule has 1 saturated heterocycles. The maximum Gasteiger partial charge on any atom is 0.126 e. The van der Waals surface area contributed by atoms with Crippen molar-refractivity contribution in [3.63, 3.8) is 0 Å². The lowest BCUT2D eigenvalue weighted by Gasteiger charge is -2.37. The van der Waals surface area contributed by atoms with E-state index in [9.17, 15) is 5.11 Å². The molecular formula is C27H31NO4. The Kier molecular flexibility index (Phi) is 7.43. The first-order valence-electron chi connectivity index (χ1n) is 11.0. The van der Waals surface area contributed by atoms with Gasteiger partial charge in [0.2, 0.25) is 0 Å². The van der Waals surface area contributed by atoms with Crippen LogP contribution in [0.2, 0.25) is 0 Å². The molecular weight excluding hydrogens is 402 g/mol. The van der Waals surface area contributed by atoms with Crippen molar-refractivity contribution in [1.29, 1.82) is 0 Å². The van der Waals surface area contributed by atoms with Crippen LogP contribution in [0.25, 0.3) is 11.1 Å². The summed E-state index contributed by atoms with van der Waals surface area (Å²) in [5.74, 6) is 1.38. The minimum Gasteiger partial charge on any atom is -0.497 e. The van der Waals surface area contributed by atoms with Gasteiger partial charge in [0.05, 0.1) is 33.5 Å². The first-order chi connectivity index (χ1) is 15.7. The van der Waals surface area contributed by atoms with Crippen LogP contribution in [0, 0.1) is 0 Å². The molecule has 1 aliphatic heterocycles. The van der Waals surface area contributed by atoms with E-state index in [0.29, 0.717) is 6.61 Å². The normalized spacial score (nSPS) is 17.7. The highest BCUT2D eigenvalue weighted by molar-refractivity contribution is 5.75. The van der Waals surface area contributed by atoms with Crippen molar-refractivity contribution in [2.75, 3.05) is 40.5 Å². The van der Waals surface area contributed by atoms with Crippen LogP contribution in [0.1, 0.15) is 17.0 Å². The molecule has 1 aliphatic rings. The molecule has 5 nitrogen and oxygen atoms in total. The Morgan fingerprint density at radius 3 is 2.50 bits per heavy atom. The summed E-state index contributed by atoms with van der Waals surface area (Å²) < 4.78 is 17.3. The highest BCUT2D eigenvalue weighted by Crippen LogP contribution is 2.39. The van der Waals surface area contributed by atoms with Crippen molar-refractivity contribution in [1.82, 2.24) is 4.90 Å². The van der Waals surface area contributed by atoms with Crippen LogP contribution in [0.4, 0.5) is 0 Å². The number of aliphatic hydroxyl groups excluding tert-OH is 1. The largest absolute Gasteiger partial charge is 0.497 e.